The zero-order chi connectivity index (χ0) is 30.8. The Morgan fingerprint density at radius 2 is 1.56 bits per heavy atom. The van der Waals surface area contributed by atoms with E-state index in [4.69, 9.17) is 31.3 Å². The minimum Gasteiger partial charge on any atom is -0.496 e. The molecule has 0 unspecified atom stereocenters. The average Bonchev–Trinajstić information content (AvgIpc) is 2.79. The van der Waals surface area contributed by atoms with Crippen LogP contribution in [-0.2, 0) is 20.9 Å². The van der Waals surface area contributed by atoms with Crippen LogP contribution < -0.4 is 21.7 Å². The van der Waals surface area contributed by atoms with E-state index >= 15 is 0 Å². The first kappa shape index (κ1) is 42.2. The number of fused-ring (bicyclic) bond motifs is 1. The number of hydrogen-bond donors (Lipinski definition) is 5. The summed E-state index contributed by atoms with van der Waals surface area (Å²) < 4.78 is 10.1. The van der Waals surface area contributed by atoms with Crippen molar-refractivity contribution in [2.24, 2.45) is 11.1 Å². The average molecular weight is 627 g/mol. The maximum absolute atomic E-state index is 11.2. The number of aromatic nitrogens is 1. The van der Waals surface area contributed by atoms with Gasteiger partial charge in [0, 0.05) is 23.7 Å². The molecule has 2 rings (SSSR count). The number of carbonyl (C=O) groups excluding carboxylic acids is 2. The number of benzene rings is 1. The summed E-state index contributed by atoms with van der Waals surface area (Å²) in [5.74, 6) is 0.743. The van der Waals surface area contributed by atoms with Crippen molar-refractivity contribution < 1.29 is 39.0 Å². The van der Waals surface area contributed by atoms with E-state index in [1.54, 1.807) is 75.6 Å². The standard InChI is InChI=1S/C11H13N3O.C10H19NO4.C5H11NO3.2ClH/c1-15-10-5-9-7(4-8(10)6-12)2-3-14-11(9)13;1-9(2,3)7(12)15-11-8(13)14-10(4,5)6;1-5(2,3)6(9)4(7)8;;/h2-5H,6,12H2,1H3,(H2,13,14);1-6H3,(H,11,13);9H,1-3H3,(H,7,8);2*1H. The number of rotatable bonds is 2. The van der Waals surface area contributed by atoms with Crippen molar-refractivity contribution in [2.75, 3.05) is 12.8 Å². The van der Waals surface area contributed by atoms with E-state index < -0.39 is 34.7 Å². The molecule has 0 spiro atoms. The number of nitrogens with one attached hydrogen (secondary N) is 1. The highest BCUT2D eigenvalue weighted by atomic mass is 35.5. The number of carboxylic acid groups (broad SMARTS) is 1. The van der Waals surface area contributed by atoms with Crippen LogP contribution in [0.25, 0.3) is 10.8 Å². The molecule has 1 aromatic carbocycles. The number of nitrogens with zero attached hydrogens (tertiary/aromatic N) is 2. The normalized spacial score (nSPS) is 10.6. The van der Waals surface area contributed by atoms with Crippen molar-refractivity contribution in [1.82, 2.24) is 15.5 Å². The summed E-state index contributed by atoms with van der Waals surface area (Å²) in [5.41, 5.74) is 12.3. The Morgan fingerprint density at radius 3 is 1.93 bits per heavy atom. The zero-order valence-electron chi connectivity index (χ0n) is 25.2. The first-order chi connectivity index (χ1) is 17.6. The molecule has 0 radical (unpaired) electrons. The third-order valence-corrected chi connectivity index (χ3v) is 4.47. The quantitative estimate of drug-likeness (QED) is 0.214. The molecule has 236 valence electrons. The molecule has 2 aromatic rings. The lowest BCUT2D eigenvalue weighted by molar-refractivity contribution is -0.160. The van der Waals surface area contributed by atoms with Gasteiger partial charge < -0.3 is 30.9 Å². The van der Waals surface area contributed by atoms with Gasteiger partial charge in [-0.15, -0.1) is 30.3 Å². The molecule has 0 atom stereocenters. The molecule has 0 aliphatic rings. The third-order valence-electron chi connectivity index (χ3n) is 4.47. The SMILES string of the molecule is CC(C)(C)N(O)C(=O)O.CC(C)(C)OC(=O)NOC(=O)C(C)(C)C.COc1cc2c(N)nccc2cc1CN.Cl.Cl. The molecule has 1 heterocycles. The van der Waals surface area contributed by atoms with Crippen LogP contribution in [0.3, 0.4) is 0 Å². The molecule has 0 aliphatic heterocycles. The Labute approximate surface area is 253 Å². The summed E-state index contributed by atoms with van der Waals surface area (Å²) in [5, 5.41) is 19.1. The Kier molecular flexibility index (Phi) is 18.0. The highest BCUT2D eigenvalue weighted by Crippen LogP contribution is 2.28. The highest BCUT2D eigenvalue weighted by Gasteiger charge is 2.25. The van der Waals surface area contributed by atoms with E-state index in [9.17, 15) is 14.4 Å². The van der Waals surface area contributed by atoms with Gasteiger partial charge in [0.1, 0.15) is 17.2 Å². The fraction of sp³-hybridized carbons (Fsp3) is 0.538. The Bertz CT molecular complexity index is 1130. The van der Waals surface area contributed by atoms with Crippen LogP contribution in [0.4, 0.5) is 15.4 Å². The summed E-state index contributed by atoms with van der Waals surface area (Å²) in [6.45, 7) is 15.5. The molecule has 0 bridgehead atoms. The van der Waals surface area contributed by atoms with Crippen LogP contribution in [0.2, 0.25) is 0 Å². The van der Waals surface area contributed by atoms with Gasteiger partial charge in [0.2, 0.25) is 0 Å². The molecule has 13 nitrogen and oxygen atoms in total. The first-order valence-electron chi connectivity index (χ1n) is 12.0. The third kappa shape index (κ3) is 15.9. The smallest absolute Gasteiger partial charge is 0.441 e. The second-order valence-electron chi connectivity index (χ2n) is 11.3. The Morgan fingerprint density at radius 1 is 1.02 bits per heavy atom. The second-order valence-corrected chi connectivity index (χ2v) is 11.3. The van der Waals surface area contributed by atoms with E-state index in [0.717, 1.165) is 22.1 Å². The molecule has 7 N–H and O–H groups in total. The number of hydroxylamine groups is 3. The molecule has 41 heavy (non-hydrogen) atoms. The van der Waals surface area contributed by atoms with Crippen LogP contribution in [0.15, 0.2) is 24.4 Å². The van der Waals surface area contributed by atoms with E-state index in [-0.39, 0.29) is 29.9 Å². The molecule has 0 saturated carbocycles. The Hall–Kier alpha value is -3.26. The number of methoxy groups -OCH3 is 1. The van der Waals surface area contributed by atoms with E-state index in [0.29, 0.717) is 12.4 Å². The minimum absolute atomic E-state index is 0. The van der Waals surface area contributed by atoms with Crippen molar-refractivity contribution in [3.8, 4) is 5.75 Å². The number of hydrogen-bond acceptors (Lipinski definition) is 10. The lowest BCUT2D eigenvalue weighted by atomic mass is 9.98. The fourth-order valence-electron chi connectivity index (χ4n) is 2.45. The number of ether oxygens (including phenoxy) is 2. The first-order valence-corrected chi connectivity index (χ1v) is 12.0. The summed E-state index contributed by atoms with van der Waals surface area (Å²) in [6.07, 6.45) is -0.424. The van der Waals surface area contributed by atoms with Crippen molar-refractivity contribution >= 4 is 59.6 Å². The minimum atomic E-state index is -1.33. The molecule has 2 amide bonds. The van der Waals surface area contributed by atoms with E-state index in [1.807, 2.05) is 23.7 Å². The summed E-state index contributed by atoms with van der Waals surface area (Å²) >= 11 is 0. The lowest BCUT2D eigenvalue weighted by Gasteiger charge is -2.25. The van der Waals surface area contributed by atoms with Gasteiger partial charge in [0.25, 0.3) is 0 Å². The second kappa shape index (κ2) is 17.5. The van der Waals surface area contributed by atoms with E-state index in [2.05, 4.69) is 9.82 Å². The molecular weight excluding hydrogens is 581 g/mol. The predicted octanol–water partition coefficient (Wildman–Crippen LogP) is 5.30. The monoisotopic (exact) mass is 625 g/mol. The van der Waals surface area contributed by atoms with Crippen LogP contribution in [0.1, 0.15) is 67.9 Å². The van der Waals surface area contributed by atoms with Gasteiger partial charge in [-0.3, -0.25) is 5.21 Å². The van der Waals surface area contributed by atoms with Crippen LogP contribution in [-0.4, -0.2) is 56.8 Å². The van der Waals surface area contributed by atoms with Crippen LogP contribution in [0, 0.1) is 5.41 Å². The van der Waals surface area contributed by atoms with E-state index in [1.165, 1.54) is 0 Å². The number of halogens is 2. The van der Waals surface area contributed by atoms with Gasteiger partial charge in [-0.25, -0.2) is 19.4 Å². The van der Waals surface area contributed by atoms with Gasteiger partial charge >= 0.3 is 18.2 Å². The molecule has 15 heteroatoms. The number of carbonyl (C=O) groups is 3. The van der Waals surface area contributed by atoms with Gasteiger partial charge in [-0.1, -0.05) is 0 Å². The number of amides is 2. The van der Waals surface area contributed by atoms with Crippen LogP contribution >= 0.6 is 24.8 Å². The number of anilines is 1. The predicted molar refractivity (Wildman–Crippen MR) is 161 cm³/mol. The summed E-state index contributed by atoms with van der Waals surface area (Å²) in [7, 11) is 1.62. The largest absolute Gasteiger partial charge is 0.496 e. The van der Waals surface area contributed by atoms with Crippen molar-refractivity contribution in [3.63, 3.8) is 0 Å². The van der Waals surface area contributed by atoms with Crippen LogP contribution in [0.5, 0.6) is 5.75 Å². The lowest BCUT2D eigenvalue weighted by Crippen LogP contribution is -2.42. The summed E-state index contributed by atoms with van der Waals surface area (Å²) in [4.78, 5) is 40.9. The maximum Gasteiger partial charge on any atom is 0.441 e. The van der Waals surface area contributed by atoms with Gasteiger partial charge in [-0.05, 0) is 85.9 Å². The van der Waals surface area contributed by atoms with Crippen molar-refractivity contribution in [3.05, 3.63) is 30.0 Å². The number of nitrogen functional groups attached to an aromatic ring is 1. The van der Waals surface area contributed by atoms with Gasteiger partial charge in [-0.2, -0.15) is 5.06 Å². The maximum atomic E-state index is 11.2. The Balaban J connectivity index is -0.000000533. The molecule has 0 saturated heterocycles. The van der Waals surface area contributed by atoms with Gasteiger partial charge in [0.15, 0.2) is 0 Å². The molecule has 0 aliphatic carbocycles. The van der Waals surface area contributed by atoms with Gasteiger partial charge in [0.05, 0.1) is 18.1 Å². The van der Waals surface area contributed by atoms with Crippen molar-refractivity contribution in [2.45, 2.75) is 80.0 Å². The molecular formula is C26H45Cl2N5O8. The van der Waals surface area contributed by atoms with Crippen molar-refractivity contribution in [1.29, 1.82) is 0 Å². The number of nitrogens with two attached hydrogens (primary N) is 2. The topological polar surface area (TPSA) is 200 Å². The fourth-order valence-corrected chi connectivity index (χ4v) is 2.45. The summed E-state index contributed by atoms with van der Waals surface area (Å²) in [6, 6.07) is 5.76. The number of pyridine rings is 1. The molecule has 1 aromatic heterocycles. The highest BCUT2D eigenvalue weighted by molar-refractivity contribution is 5.92. The zero-order valence-corrected chi connectivity index (χ0v) is 26.9. The molecule has 0 fully saturated rings.